The summed E-state index contributed by atoms with van der Waals surface area (Å²) in [5.74, 6) is 1.03. The summed E-state index contributed by atoms with van der Waals surface area (Å²) in [6.45, 7) is 2.78. The molecule has 0 unspecified atom stereocenters. The van der Waals surface area contributed by atoms with Gasteiger partial charge in [0.15, 0.2) is 0 Å². The molecule has 1 aromatic heterocycles. The Morgan fingerprint density at radius 3 is 2.82 bits per heavy atom. The summed E-state index contributed by atoms with van der Waals surface area (Å²) in [7, 11) is 0. The third-order valence-electron chi connectivity index (χ3n) is 4.35. The summed E-state index contributed by atoms with van der Waals surface area (Å²) >= 11 is 2.40. The lowest BCUT2D eigenvalue weighted by Gasteiger charge is -2.25. The first kappa shape index (κ1) is 11.8. The van der Waals surface area contributed by atoms with Gasteiger partial charge in [-0.3, -0.25) is 0 Å². The zero-order valence-corrected chi connectivity index (χ0v) is 12.4. The molecule has 1 saturated carbocycles. The molecule has 0 bridgehead atoms. The Kier molecular flexibility index (Phi) is 3.05. The maximum atomic E-state index is 5.74. The first-order valence-electron chi connectivity index (χ1n) is 6.57. The van der Waals surface area contributed by atoms with Gasteiger partial charge >= 0.3 is 0 Å². The van der Waals surface area contributed by atoms with Crippen molar-refractivity contribution in [1.29, 1.82) is 0 Å². The third kappa shape index (κ3) is 1.77. The van der Waals surface area contributed by atoms with Crippen LogP contribution in [0.25, 0.3) is 0 Å². The average Bonchev–Trinajstić information content (AvgIpc) is 2.93. The van der Waals surface area contributed by atoms with Crippen LogP contribution in [0.2, 0.25) is 0 Å². The van der Waals surface area contributed by atoms with Crippen LogP contribution in [0.5, 0.6) is 5.75 Å². The molecule has 3 rings (SSSR count). The molecule has 2 aliphatic carbocycles. The van der Waals surface area contributed by atoms with Crippen molar-refractivity contribution in [2.75, 3.05) is 6.61 Å². The molecule has 0 aliphatic heterocycles. The second-order valence-electron chi connectivity index (χ2n) is 5.19. The van der Waals surface area contributed by atoms with Crippen LogP contribution < -0.4 is 4.74 Å². The van der Waals surface area contributed by atoms with E-state index in [2.05, 4.69) is 27.6 Å². The highest BCUT2D eigenvalue weighted by molar-refractivity contribution is 14.1. The van der Waals surface area contributed by atoms with Crippen molar-refractivity contribution in [3.05, 3.63) is 21.0 Å². The molecule has 3 heteroatoms. The molecular formula is C14H18INO. The van der Waals surface area contributed by atoms with E-state index < -0.39 is 0 Å². The maximum absolute atomic E-state index is 5.74. The summed E-state index contributed by atoms with van der Waals surface area (Å²) in [5.41, 5.74) is 3.43. The molecule has 2 aliphatic rings. The zero-order valence-electron chi connectivity index (χ0n) is 10.3. The predicted octanol–water partition coefficient (Wildman–Crippen LogP) is 3.84. The van der Waals surface area contributed by atoms with Crippen LogP contribution in [0.15, 0.2) is 6.20 Å². The van der Waals surface area contributed by atoms with Crippen LogP contribution in [-0.4, -0.2) is 11.6 Å². The molecule has 2 nitrogen and oxygen atoms in total. The molecule has 1 aromatic rings. The molecule has 17 heavy (non-hydrogen) atoms. The summed E-state index contributed by atoms with van der Waals surface area (Å²) in [5, 5.41) is 0. The molecule has 0 N–H and O–H groups in total. The van der Waals surface area contributed by atoms with Gasteiger partial charge in [-0.2, -0.15) is 0 Å². The number of pyridine rings is 1. The van der Waals surface area contributed by atoms with Crippen molar-refractivity contribution < 1.29 is 4.74 Å². The van der Waals surface area contributed by atoms with Crippen LogP contribution in [-0.2, 0) is 11.8 Å². The van der Waals surface area contributed by atoms with Gasteiger partial charge in [-0.25, -0.2) is 4.98 Å². The Morgan fingerprint density at radius 2 is 2.12 bits per heavy atom. The number of nitrogens with zero attached hydrogens (tertiary/aromatic N) is 1. The second-order valence-corrected chi connectivity index (χ2v) is 6.21. The Labute approximate surface area is 116 Å². The van der Waals surface area contributed by atoms with E-state index in [-0.39, 0.29) is 0 Å². The number of hydrogen-bond acceptors (Lipinski definition) is 2. The van der Waals surface area contributed by atoms with Gasteiger partial charge in [0, 0.05) is 5.56 Å². The Hall–Kier alpha value is -0.320. The lowest BCUT2D eigenvalue weighted by Crippen LogP contribution is -2.19. The Morgan fingerprint density at radius 1 is 1.35 bits per heavy atom. The number of hydrogen-bond donors (Lipinski definition) is 0. The summed E-state index contributed by atoms with van der Waals surface area (Å²) in [4.78, 5) is 4.55. The van der Waals surface area contributed by atoms with Crippen LogP contribution in [0.1, 0.15) is 50.2 Å². The van der Waals surface area contributed by atoms with Crippen molar-refractivity contribution in [3.8, 4) is 5.75 Å². The molecule has 1 spiro atoms. The van der Waals surface area contributed by atoms with E-state index in [1.54, 1.807) is 0 Å². The molecule has 0 saturated heterocycles. The summed E-state index contributed by atoms with van der Waals surface area (Å²) < 4.78 is 6.95. The number of aromatic nitrogens is 1. The van der Waals surface area contributed by atoms with Gasteiger partial charge in [-0.1, -0.05) is 12.8 Å². The topological polar surface area (TPSA) is 22.1 Å². The van der Waals surface area contributed by atoms with E-state index in [4.69, 9.17) is 4.74 Å². The largest absolute Gasteiger partial charge is 0.492 e. The van der Waals surface area contributed by atoms with Crippen molar-refractivity contribution in [2.45, 2.75) is 50.9 Å². The van der Waals surface area contributed by atoms with Gasteiger partial charge in [0.1, 0.15) is 9.45 Å². The lowest BCUT2D eigenvalue weighted by atomic mass is 9.81. The number of ether oxygens (including phenoxy) is 1. The molecule has 0 amide bonds. The molecule has 0 radical (unpaired) electrons. The van der Waals surface area contributed by atoms with Gasteiger partial charge in [0.25, 0.3) is 0 Å². The quantitative estimate of drug-likeness (QED) is 0.601. The molecule has 92 valence electrons. The van der Waals surface area contributed by atoms with Crippen molar-refractivity contribution in [1.82, 2.24) is 4.98 Å². The van der Waals surface area contributed by atoms with Crippen molar-refractivity contribution in [2.24, 2.45) is 0 Å². The fraction of sp³-hybridized carbons (Fsp3) is 0.643. The van der Waals surface area contributed by atoms with Crippen LogP contribution in [0, 0.1) is 3.70 Å². The van der Waals surface area contributed by atoms with E-state index in [0.29, 0.717) is 5.41 Å². The molecular weight excluding hydrogens is 325 g/mol. The van der Waals surface area contributed by atoms with E-state index in [0.717, 1.165) is 12.4 Å². The van der Waals surface area contributed by atoms with E-state index in [9.17, 15) is 0 Å². The fourth-order valence-corrected chi connectivity index (χ4v) is 4.65. The van der Waals surface area contributed by atoms with Gasteiger partial charge in [0.2, 0.25) is 0 Å². The zero-order chi connectivity index (χ0) is 11.9. The third-order valence-corrected chi connectivity index (χ3v) is 5.16. The Bertz CT molecular complexity index is 438. The standard InChI is InChI=1S/C14H18INO/c1-2-17-11-9-16-13(15)12-10(11)5-8-14(12)6-3-4-7-14/h9H,2-8H2,1H3. The van der Waals surface area contributed by atoms with Crippen LogP contribution in [0.4, 0.5) is 0 Å². The number of rotatable bonds is 2. The highest BCUT2D eigenvalue weighted by Crippen LogP contribution is 2.53. The van der Waals surface area contributed by atoms with Crippen molar-refractivity contribution in [3.63, 3.8) is 0 Å². The Balaban J connectivity index is 2.10. The first-order valence-corrected chi connectivity index (χ1v) is 7.65. The van der Waals surface area contributed by atoms with Crippen LogP contribution in [0.3, 0.4) is 0 Å². The van der Waals surface area contributed by atoms with E-state index >= 15 is 0 Å². The van der Waals surface area contributed by atoms with E-state index in [1.165, 1.54) is 53.4 Å². The molecule has 0 atom stereocenters. The normalized spacial score (nSPS) is 20.8. The highest BCUT2D eigenvalue weighted by atomic mass is 127. The molecule has 0 aromatic carbocycles. The summed E-state index contributed by atoms with van der Waals surface area (Å²) in [6.07, 6.45) is 9.88. The number of halogens is 1. The number of fused-ring (bicyclic) bond motifs is 2. The lowest BCUT2D eigenvalue weighted by molar-refractivity contribution is 0.335. The molecule has 1 fully saturated rings. The van der Waals surface area contributed by atoms with E-state index in [1.807, 2.05) is 13.1 Å². The average molecular weight is 343 g/mol. The maximum Gasteiger partial charge on any atom is 0.141 e. The van der Waals surface area contributed by atoms with Gasteiger partial charge in [0.05, 0.1) is 12.8 Å². The fourth-order valence-electron chi connectivity index (χ4n) is 3.61. The van der Waals surface area contributed by atoms with Crippen molar-refractivity contribution >= 4 is 22.6 Å². The predicted molar refractivity (Wildman–Crippen MR) is 76.6 cm³/mol. The highest BCUT2D eigenvalue weighted by Gasteiger charge is 2.43. The van der Waals surface area contributed by atoms with Gasteiger partial charge < -0.3 is 4.74 Å². The smallest absolute Gasteiger partial charge is 0.141 e. The molecule has 1 heterocycles. The summed E-state index contributed by atoms with van der Waals surface area (Å²) in [6, 6.07) is 0. The second kappa shape index (κ2) is 4.41. The minimum atomic E-state index is 0.450. The van der Waals surface area contributed by atoms with Crippen LogP contribution >= 0.6 is 22.6 Å². The SMILES string of the molecule is CCOc1cnc(I)c2c1CCC21CCCC1. The minimum absolute atomic E-state index is 0.450. The minimum Gasteiger partial charge on any atom is -0.492 e. The van der Waals surface area contributed by atoms with Gasteiger partial charge in [-0.15, -0.1) is 0 Å². The first-order chi connectivity index (χ1) is 8.27. The monoisotopic (exact) mass is 343 g/mol. The van der Waals surface area contributed by atoms with Gasteiger partial charge in [-0.05, 0) is 66.2 Å².